The minimum Gasteiger partial charge on any atom is 0 e. The second-order valence-corrected chi connectivity index (χ2v) is 0. The van der Waals surface area contributed by atoms with Gasteiger partial charge in [0.15, 0.2) is 0 Å². The van der Waals surface area contributed by atoms with Gasteiger partial charge in [-0.15, -0.1) is 0 Å². The third kappa shape index (κ3) is 32.7. The van der Waals surface area contributed by atoms with Gasteiger partial charge in [0.2, 0.25) is 0 Å². The van der Waals surface area contributed by atoms with Crippen molar-refractivity contribution in [1.82, 2.24) is 0 Å². The summed E-state index contributed by atoms with van der Waals surface area (Å²) in [4.78, 5) is 0. The quantitative estimate of drug-likeness (QED) is 0.557. The second-order valence-electron chi connectivity index (χ2n) is 0. The van der Waals surface area contributed by atoms with E-state index in [9.17, 15) is 0 Å². The molecule has 0 bridgehead atoms. The molecule has 0 aliphatic heterocycles. The Morgan fingerprint density at radius 2 is 1.00 bits per heavy atom. The Labute approximate surface area is 92.7 Å². The molecule has 0 aromatic carbocycles. The maximum absolute atomic E-state index is 8.26. The zero-order chi connectivity index (χ0) is 2.00. The van der Waals surface area contributed by atoms with Crippen molar-refractivity contribution in [2.75, 3.05) is 0 Å². The molecule has 0 saturated carbocycles. The van der Waals surface area contributed by atoms with E-state index in [4.69, 9.17) is 3.40 Å². The van der Waals surface area contributed by atoms with E-state index in [-0.39, 0.29) is 71.3 Å². The smallest absolute Gasteiger partial charge is 0 e. The maximum Gasteiger partial charge on any atom is 0 e. The predicted molar refractivity (Wildman–Crippen MR) is 2.06 cm³/mol. The van der Waals surface area contributed by atoms with Gasteiger partial charge in [0.1, 0.15) is 0 Å². The van der Waals surface area contributed by atoms with Crippen molar-refractivity contribution in [3.8, 4) is 0 Å². The minimum atomic E-state index is 0. The Hall–Kier alpha value is 2.37. The van der Waals surface area contributed by atoms with Gasteiger partial charge in [-0.2, -0.15) is 0 Å². The topological polar surface area (TPSA) is 74.1 Å². The monoisotopic (exact) mass is 337 g/mol. The summed E-state index contributed by atoms with van der Waals surface area (Å²) in [5.74, 6) is 0. The fraction of sp³-hybridized carbons (Fsp3) is 0. The molecule has 0 amide bonds. The molecule has 0 aromatic rings. The first-order chi connectivity index (χ1) is 1.00. The molecule has 6 heavy (non-hydrogen) atoms. The van der Waals surface area contributed by atoms with E-state index in [1.807, 2.05) is 0 Å². The van der Waals surface area contributed by atoms with Crippen LogP contribution in [0.15, 0.2) is 0 Å². The third-order valence-corrected chi connectivity index (χ3v) is 0. The van der Waals surface area contributed by atoms with Crippen LogP contribution in [-0.4, -0.2) is 0 Å². The first-order valence-corrected chi connectivity index (χ1v) is 0.986. The molecular weight excluding hydrogens is 335 g/mol. The predicted octanol–water partition coefficient (Wildman–Crippen LogP) is -0.361. The first kappa shape index (κ1) is 40.0. The van der Waals surface area contributed by atoms with Crippen LogP contribution >= 0.6 is 0 Å². The van der Waals surface area contributed by atoms with E-state index in [0.29, 0.717) is 19.8 Å². The van der Waals surface area contributed by atoms with Crippen molar-refractivity contribution in [2.45, 2.75) is 0 Å². The zero-order valence-electron chi connectivity index (χ0n) is 2.58. The fourth-order valence-electron chi connectivity index (χ4n) is 0. The maximum atomic E-state index is 8.26. The van der Waals surface area contributed by atoms with Gasteiger partial charge < -0.3 is 11.0 Å². The van der Waals surface area contributed by atoms with Crippen LogP contribution in [0.5, 0.6) is 0 Å². The van der Waals surface area contributed by atoms with Gasteiger partial charge in [0.05, 0.1) is 0 Å². The van der Waals surface area contributed by atoms with Gasteiger partial charge in [-0.3, -0.25) is 0 Å². The summed E-state index contributed by atoms with van der Waals surface area (Å²) in [6.07, 6.45) is 0. The van der Waals surface area contributed by atoms with Crippen molar-refractivity contribution in [2.24, 2.45) is 0 Å². The molecule has 0 spiro atoms. The molecule has 0 unspecified atom stereocenters. The van der Waals surface area contributed by atoms with Crippen molar-refractivity contribution in [3.63, 3.8) is 0 Å². The van der Waals surface area contributed by atoms with E-state index in [2.05, 4.69) is 0 Å². The standard InChI is InChI=1S/Ce.Mo.3O.V/q+3;;;2*-2;. The fourth-order valence-corrected chi connectivity index (χ4v) is 0. The van der Waals surface area contributed by atoms with Crippen LogP contribution in [0.25, 0.3) is 0 Å². The molecule has 0 aliphatic rings. The molecule has 0 aromatic heterocycles. The van der Waals surface area contributed by atoms with Crippen LogP contribution in [0.2, 0.25) is 0 Å². The zero-order valence-corrected chi connectivity index (χ0v) is 9.12. The molecule has 0 saturated heterocycles. The third-order valence-electron chi connectivity index (χ3n) is 0. The first-order valence-electron chi connectivity index (χ1n) is 0.167. The molecule has 2 radical (unpaired) electrons. The van der Waals surface area contributed by atoms with Gasteiger partial charge in [0.25, 0.3) is 0 Å². The van der Waals surface area contributed by atoms with Crippen LogP contribution in [-0.2, 0) is 52.7 Å². The molecular formula is CeMoO3V-. The SMILES string of the molecule is [Ce+3].[O-2].[O-2].[O]=[Mo].[V]. The van der Waals surface area contributed by atoms with Crippen LogP contribution in [0.1, 0.15) is 0 Å². The Kier molecular flexibility index (Phi) is 355. The minimum absolute atomic E-state index is 0. The van der Waals surface area contributed by atoms with Crippen LogP contribution in [0.3, 0.4) is 0 Å². The molecule has 0 N–H and O–H groups in total. The normalized spacial score (nSPS) is 0.667. The van der Waals surface area contributed by atoms with Gasteiger partial charge >= 0.3 is 64.9 Å². The van der Waals surface area contributed by atoms with Crippen LogP contribution in [0.4, 0.5) is 0 Å². The number of hydrogen-bond acceptors (Lipinski definition) is 1. The average Bonchev–Trinajstić information content (AvgIpc) is 1.00. The summed E-state index contributed by atoms with van der Waals surface area (Å²) in [7, 11) is 0. The molecule has 0 atom stereocenters. The van der Waals surface area contributed by atoms with Crippen molar-refractivity contribution in [3.05, 3.63) is 0 Å². The Morgan fingerprint density at radius 1 is 1.00 bits per heavy atom. The summed E-state index contributed by atoms with van der Waals surface area (Å²) < 4.78 is 8.26. The van der Waals surface area contributed by atoms with Gasteiger partial charge in [-0.1, -0.05) is 0 Å². The molecule has 0 fully saturated rings. The van der Waals surface area contributed by atoms with E-state index in [1.165, 1.54) is 0 Å². The van der Waals surface area contributed by atoms with Crippen molar-refractivity contribution >= 4 is 0 Å². The van der Waals surface area contributed by atoms with E-state index in [1.54, 1.807) is 0 Å². The summed E-state index contributed by atoms with van der Waals surface area (Å²) in [6.45, 7) is 0. The molecule has 3 nitrogen and oxygen atoms in total. The summed E-state index contributed by atoms with van der Waals surface area (Å²) in [5.41, 5.74) is 0. The van der Waals surface area contributed by atoms with Gasteiger partial charge in [-0.25, -0.2) is 0 Å². The van der Waals surface area contributed by atoms with E-state index in [0.717, 1.165) is 0 Å². The molecule has 0 rings (SSSR count). The Balaban J connectivity index is -0.000000000833. The molecule has 34 valence electrons. The molecule has 0 aliphatic carbocycles. The van der Waals surface area contributed by atoms with E-state index < -0.39 is 0 Å². The number of rotatable bonds is 0. The Morgan fingerprint density at radius 3 is 1.00 bits per heavy atom. The van der Waals surface area contributed by atoms with Crippen molar-refractivity contribution in [1.29, 1.82) is 0 Å². The number of hydrogen-bond donors (Lipinski definition) is 0. The molecule has 6 heteroatoms. The summed E-state index contributed by atoms with van der Waals surface area (Å²) >= 11 is 0.700. The van der Waals surface area contributed by atoms with Crippen LogP contribution in [0, 0.1) is 41.7 Å². The van der Waals surface area contributed by atoms with Gasteiger partial charge in [0, 0.05) is 18.6 Å². The largest absolute Gasteiger partial charge is 0 e. The molecule has 0 heterocycles. The van der Waals surface area contributed by atoms with E-state index >= 15 is 0 Å². The average molecular weight is 335 g/mol. The van der Waals surface area contributed by atoms with Crippen LogP contribution < -0.4 is 0 Å². The van der Waals surface area contributed by atoms with Crippen molar-refractivity contribution < 1.29 is 94.4 Å². The summed E-state index contributed by atoms with van der Waals surface area (Å²) in [6, 6.07) is 0. The van der Waals surface area contributed by atoms with Gasteiger partial charge in [-0.05, 0) is 0 Å². The second kappa shape index (κ2) is 53.3. The Bertz CT molecular complexity index is 10.8. The summed E-state index contributed by atoms with van der Waals surface area (Å²) in [5, 5.41) is 0.